The van der Waals surface area contributed by atoms with Crippen LogP contribution in [0.5, 0.6) is 11.5 Å². The average molecular weight is 404 g/mol. The molecule has 0 aliphatic carbocycles. The van der Waals surface area contributed by atoms with Gasteiger partial charge in [-0.1, -0.05) is 0 Å². The maximum Gasteiger partial charge on any atom is 0.346 e. The Bertz CT molecular complexity index is 1060. The van der Waals surface area contributed by atoms with Crippen molar-refractivity contribution in [1.29, 1.82) is 0 Å². The standard InChI is InChI=1S/C18H16N2O5S2/c1-8-20-16-12(24-3)5-10(7-14(16)27-8)18(22)25-17(21)9-4-11(23-2)15(19)13(26)6-9/h4-7,26H,19H2,1-3H3. The zero-order chi connectivity index (χ0) is 19.7. The van der Waals surface area contributed by atoms with Crippen molar-refractivity contribution in [2.75, 3.05) is 20.0 Å². The Morgan fingerprint density at radius 3 is 2.26 bits per heavy atom. The summed E-state index contributed by atoms with van der Waals surface area (Å²) in [6, 6.07) is 5.91. The van der Waals surface area contributed by atoms with Gasteiger partial charge >= 0.3 is 11.9 Å². The van der Waals surface area contributed by atoms with Crippen LogP contribution in [-0.4, -0.2) is 31.1 Å². The number of anilines is 1. The Kier molecular flexibility index (Phi) is 5.24. The Balaban J connectivity index is 1.90. The van der Waals surface area contributed by atoms with E-state index in [1.54, 1.807) is 6.07 Å². The van der Waals surface area contributed by atoms with Gasteiger partial charge in [0.1, 0.15) is 17.0 Å². The number of aromatic nitrogens is 1. The molecular weight excluding hydrogens is 388 g/mol. The number of methoxy groups -OCH3 is 2. The number of nitrogens with two attached hydrogens (primary N) is 1. The van der Waals surface area contributed by atoms with E-state index in [4.69, 9.17) is 19.9 Å². The molecule has 0 spiro atoms. The van der Waals surface area contributed by atoms with Crippen LogP contribution in [-0.2, 0) is 4.74 Å². The summed E-state index contributed by atoms with van der Waals surface area (Å²) in [6.45, 7) is 1.86. The first-order valence-electron chi connectivity index (χ1n) is 7.72. The Morgan fingerprint density at radius 1 is 1.04 bits per heavy atom. The van der Waals surface area contributed by atoms with Gasteiger partial charge in [-0.3, -0.25) is 0 Å². The van der Waals surface area contributed by atoms with Gasteiger partial charge in [0.25, 0.3) is 0 Å². The fraction of sp³-hybridized carbons (Fsp3) is 0.167. The van der Waals surface area contributed by atoms with Crippen molar-refractivity contribution in [2.45, 2.75) is 11.8 Å². The second-order valence-electron chi connectivity index (χ2n) is 5.55. The van der Waals surface area contributed by atoms with Crippen molar-refractivity contribution < 1.29 is 23.8 Å². The number of thiol groups is 1. The molecular formula is C18H16N2O5S2. The normalized spacial score (nSPS) is 10.7. The number of ether oxygens (including phenoxy) is 3. The van der Waals surface area contributed by atoms with Gasteiger partial charge in [-0.2, -0.15) is 0 Å². The Labute approximate surface area is 164 Å². The molecule has 2 N–H and O–H groups in total. The van der Waals surface area contributed by atoms with Gasteiger partial charge in [0, 0.05) is 4.90 Å². The van der Waals surface area contributed by atoms with E-state index in [0.717, 1.165) is 9.71 Å². The highest BCUT2D eigenvalue weighted by Crippen LogP contribution is 2.32. The molecule has 3 aromatic rings. The molecule has 0 radical (unpaired) electrons. The van der Waals surface area contributed by atoms with Crippen LogP contribution in [0.1, 0.15) is 25.7 Å². The van der Waals surface area contributed by atoms with Gasteiger partial charge in [-0.25, -0.2) is 14.6 Å². The summed E-state index contributed by atoms with van der Waals surface area (Å²) in [4.78, 5) is 29.5. The van der Waals surface area contributed by atoms with Crippen LogP contribution in [0.4, 0.5) is 5.69 Å². The first-order chi connectivity index (χ1) is 12.8. The first kappa shape index (κ1) is 19.0. The van der Waals surface area contributed by atoms with Crippen molar-refractivity contribution in [2.24, 2.45) is 0 Å². The number of thiazole rings is 1. The lowest BCUT2D eigenvalue weighted by atomic mass is 10.1. The minimum absolute atomic E-state index is 0.0982. The van der Waals surface area contributed by atoms with E-state index in [1.807, 2.05) is 6.92 Å². The molecule has 7 nitrogen and oxygen atoms in total. The number of nitrogen functional groups attached to an aromatic ring is 1. The van der Waals surface area contributed by atoms with Crippen LogP contribution < -0.4 is 15.2 Å². The summed E-state index contributed by atoms with van der Waals surface area (Å²) in [5.74, 6) is -0.941. The molecule has 3 rings (SSSR count). The third-order valence-corrected chi connectivity index (χ3v) is 5.07. The zero-order valence-corrected chi connectivity index (χ0v) is 16.4. The molecule has 140 valence electrons. The van der Waals surface area contributed by atoms with E-state index in [-0.39, 0.29) is 16.9 Å². The summed E-state index contributed by atoms with van der Waals surface area (Å²) in [7, 11) is 2.90. The molecule has 9 heteroatoms. The van der Waals surface area contributed by atoms with Crippen LogP contribution in [0.15, 0.2) is 29.2 Å². The number of carbonyl (C=O) groups excluding carboxylic acids is 2. The van der Waals surface area contributed by atoms with Crippen LogP contribution in [0.25, 0.3) is 10.2 Å². The number of hydrogen-bond donors (Lipinski definition) is 2. The molecule has 27 heavy (non-hydrogen) atoms. The molecule has 1 aromatic heterocycles. The second-order valence-corrected chi connectivity index (χ2v) is 7.26. The summed E-state index contributed by atoms with van der Waals surface area (Å²) >= 11 is 5.61. The lowest BCUT2D eigenvalue weighted by Gasteiger charge is -2.10. The third-order valence-electron chi connectivity index (χ3n) is 3.78. The van der Waals surface area contributed by atoms with Crippen molar-refractivity contribution in [3.8, 4) is 11.5 Å². The van der Waals surface area contributed by atoms with Crippen molar-refractivity contribution in [1.82, 2.24) is 4.98 Å². The quantitative estimate of drug-likeness (QED) is 0.297. The Hall–Kier alpha value is -2.78. The number of nitrogens with zero attached hydrogens (tertiary/aromatic N) is 1. The van der Waals surface area contributed by atoms with Crippen LogP contribution in [0, 0.1) is 6.92 Å². The fourth-order valence-corrected chi connectivity index (χ4v) is 3.62. The maximum absolute atomic E-state index is 12.5. The molecule has 0 amide bonds. The predicted octanol–water partition coefficient (Wildman–Crippen LogP) is 3.49. The van der Waals surface area contributed by atoms with Gasteiger partial charge in [-0.05, 0) is 31.2 Å². The number of benzene rings is 2. The van der Waals surface area contributed by atoms with E-state index in [1.165, 1.54) is 43.8 Å². The van der Waals surface area contributed by atoms with E-state index in [2.05, 4.69) is 17.6 Å². The SMILES string of the molecule is COc1cc(C(=O)OC(=O)c2cc(OC)c3nc(C)sc3c2)cc(S)c1N. The molecule has 0 fully saturated rings. The molecule has 0 unspecified atom stereocenters. The van der Waals surface area contributed by atoms with E-state index >= 15 is 0 Å². The molecule has 1 heterocycles. The molecule has 2 aromatic carbocycles. The molecule has 0 saturated carbocycles. The highest BCUT2D eigenvalue weighted by Gasteiger charge is 2.20. The topological polar surface area (TPSA) is 101 Å². The number of fused-ring (bicyclic) bond motifs is 1. The lowest BCUT2D eigenvalue weighted by Crippen LogP contribution is -2.13. The van der Waals surface area contributed by atoms with Gasteiger partial charge in [0.05, 0.1) is 40.7 Å². The molecule has 0 bridgehead atoms. The average Bonchev–Trinajstić information content (AvgIpc) is 3.02. The first-order valence-corrected chi connectivity index (χ1v) is 8.98. The van der Waals surface area contributed by atoms with Crippen LogP contribution in [0.3, 0.4) is 0 Å². The van der Waals surface area contributed by atoms with E-state index < -0.39 is 11.9 Å². The minimum Gasteiger partial charge on any atom is -0.495 e. The highest BCUT2D eigenvalue weighted by molar-refractivity contribution is 7.80. The highest BCUT2D eigenvalue weighted by atomic mass is 32.1. The zero-order valence-electron chi connectivity index (χ0n) is 14.7. The van der Waals surface area contributed by atoms with Gasteiger partial charge in [-0.15, -0.1) is 24.0 Å². The number of esters is 2. The van der Waals surface area contributed by atoms with E-state index in [0.29, 0.717) is 21.8 Å². The number of hydrogen-bond acceptors (Lipinski definition) is 9. The van der Waals surface area contributed by atoms with Crippen molar-refractivity contribution in [3.63, 3.8) is 0 Å². The number of aryl methyl sites for hydroxylation is 1. The van der Waals surface area contributed by atoms with Crippen LogP contribution >= 0.6 is 24.0 Å². The molecule has 0 atom stereocenters. The predicted molar refractivity (Wildman–Crippen MR) is 105 cm³/mol. The summed E-state index contributed by atoms with van der Waals surface area (Å²) < 4.78 is 16.1. The third kappa shape index (κ3) is 3.69. The summed E-state index contributed by atoms with van der Waals surface area (Å²) in [5.41, 5.74) is 7.03. The number of rotatable bonds is 4. The van der Waals surface area contributed by atoms with Gasteiger partial charge < -0.3 is 19.9 Å². The summed E-state index contributed by atoms with van der Waals surface area (Å²) in [5, 5.41) is 0.833. The monoisotopic (exact) mass is 404 g/mol. The smallest absolute Gasteiger partial charge is 0.346 e. The Morgan fingerprint density at radius 2 is 1.63 bits per heavy atom. The van der Waals surface area contributed by atoms with Crippen molar-refractivity contribution in [3.05, 3.63) is 40.4 Å². The van der Waals surface area contributed by atoms with Gasteiger partial charge in [0.2, 0.25) is 0 Å². The van der Waals surface area contributed by atoms with Crippen molar-refractivity contribution >= 4 is 51.8 Å². The van der Waals surface area contributed by atoms with Gasteiger partial charge in [0.15, 0.2) is 0 Å². The number of carbonyl (C=O) groups is 2. The fourth-order valence-electron chi connectivity index (χ4n) is 2.48. The lowest BCUT2D eigenvalue weighted by molar-refractivity contribution is 0.0397. The minimum atomic E-state index is -0.840. The van der Waals surface area contributed by atoms with Crippen LogP contribution in [0.2, 0.25) is 0 Å². The van der Waals surface area contributed by atoms with E-state index in [9.17, 15) is 9.59 Å². The molecule has 0 aliphatic rings. The maximum atomic E-state index is 12.5. The second kappa shape index (κ2) is 7.45. The molecule has 0 saturated heterocycles. The molecule has 0 aliphatic heterocycles. The summed E-state index contributed by atoms with van der Waals surface area (Å²) in [6.07, 6.45) is 0. The largest absolute Gasteiger partial charge is 0.495 e.